The van der Waals surface area contributed by atoms with Crippen molar-refractivity contribution < 1.29 is 9.53 Å². The Bertz CT molecular complexity index is 445. The lowest BCUT2D eigenvalue weighted by atomic mass is 10.3. The average Bonchev–Trinajstić information content (AvgIpc) is 2.34. The van der Waals surface area contributed by atoms with Crippen LogP contribution >= 0.6 is 11.8 Å². The highest BCUT2D eigenvalue weighted by Gasteiger charge is 2.19. The Morgan fingerprint density at radius 3 is 2.82 bits per heavy atom. The Hall–Kier alpha value is -1.30. The Balaban J connectivity index is 2.89. The van der Waals surface area contributed by atoms with Gasteiger partial charge in [0.15, 0.2) is 5.16 Å². The van der Waals surface area contributed by atoms with E-state index in [1.807, 2.05) is 13.8 Å². The lowest BCUT2D eigenvalue weighted by Crippen LogP contribution is -2.19. The van der Waals surface area contributed by atoms with Gasteiger partial charge in [-0.05, 0) is 12.8 Å². The van der Waals surface area contributed by atoms with Crippen LogP contribution in [0.15, 0.2) is 16.0 Å². The van der Waals surface area contributed by atoms with Crippen LogP contribution in [0.4, 0.5) is 0 Å². The molecule has 0 aromatic carbocycles. The fraction of sp³-hybridized carbons (Fsp3) is 0.545. The Morgan fingerprint density at radius 2 is 2.29 bits per heavy atom. The smallest absolute Gasteiger partial charge is 0.319 e. The molecule has 1 N–H and O–H groups in total. The first-order chi connectivity index (χ1) is 8.10. The number of aryl methyl sites for hydroxylation is 1. The summed E-state index contributed by atoms with van der Waals surface area (Å²) in [6.45, 7) is 3.81. The molecule has 0 amide bonds. The number of aromatic amines is 1. The monoisotopic (exact) mass is 256 g/mol. The summed E-state index contributed by atoms with van der Waals surface area (Å²) in [5.41, 5.74) is 0.523. The zero-order valence-corrected chi connectivity index (χ0v) is 11.0. The fourth-order valence-corrected chi connectivity index (χ4v) is 2.24. The van der Waals surface area contributed by atoms with E-state index in [2.05, 4.69) is 14.7 Å². The molecule has 0 saturated carbocycles. The van der Waals surface area contributed by atoms with Crippen LogP contribution < -0.4 is 5.56 Å². The number of hydrogen-bond acceptors (Lipinski definition) is 5. The molecule has 0 aliphatic heterocycles. The third kappa shape index (κ3) is 3.89. The summed E-state index contributed by atoms with van der Waals surface area (Å²) < 4.78 is 4.68. The van der Waals surface area contributed by atoms with Crippen LogP contribution in [0.1, 0.15) is 26.0 Å². The Morgan fingerprint density at radius 1 is 1.59 bits per heavy atom. The van der Waals surface area contributed by atoms with Gasteiger partial charge < -0.3 is 9.72 Å². The van der Waals surface area contributed by atoms with Gasteiger partial charge in [0.2, 0.25) is 0 Å². The highest BCUT2D eigenvalue weighted by molar-refractivity contribution is 8.00. The second kappa shape index (κ2) is 6.44. The molecule has 0 bridgehead atoms. The van der Waals surface area contributed by atoms with Crippen molar-refractivity contribution in [1.29, 1.82) is 0 Å². The van der Waals surface area contributed by atoms with Gasteiger partial charge in [-0.1, -0.05) is 25.6 Å². The molecule has 0 unspecified atom stereocenters. The number of carbonyl (C=O) groups is 1. The quantitative estimate of drug-likeness (QED) is 0.489. The van der Waals surface area contributed by atoms with Crippen LogP contribution in [0.3, 0.4) is 0 Å². The van der Waals surface area contributed by atoms with Crippen LogP contribution in [0.5, 0.6) is 0 Å². The molecule has 0 spiro atoms. The maximum Gasteiger partial charge on any atom is 0.319 e. The number of ether oxygens (including phenoxy) is 1. The van der Waals surface area contributed by atoms with Crippen molar-refractivity contribution in [2.45, 2.75) is 37.1 Å². The van der Waals surface area contributed by atoms with Crippen LogP contribution in [0, 0.1) is 0 Å². The molecule has 1 heterocycles. The van der Waals surface area contributed by atoms with Gasteiger partial charge in [0.25, 0.3) is 5.56 Å². The van der Waals surface area contributed by atoms with Gasteiger partial charge in [-0.3, -0.25) is 9.59 Å². The average molecular weight is 256 g/mol. The Kier molecular flexibility index (Phi) is 5.21. The normalized spacial score (nSPS) is 12.2. The molecule has 6 heteroatoms. The zero-order chi connectivity index (χ0) is 12.8. The predicted octanol–water partition coefficient (Wildman–Crippen LogP) is 1.38. The van der Waals surface area contributed by atoms with Gasteiger partial charge in [0.1, 0.15) is 5.25 Å². The van der Waals surface area contributed by atoms with Crippen molar-refractivity contribution in [2.75, 3.05) is 7.11 Å². The van der Waals surface area contributed by atoms with E-state index in [0.29, 0.717) is 18.0 Å². The van der Waals surface area contributed by atoms with Crippen molar-refractivity contribution in [1.82, 2.24) is 9.97 Å². The third-order valence-electron chi connectivity index (χ3n) is 2.22. The van der Waals surface area contributed by atoms with Crippen molar-refractivity contribution in [3.63, 3.8) is 0 Å². The predicted molar refractivity (Wildman–Crippen MR) is 66.2 cm³/mol. The Labute approximate surface area is 104 Å². The summed E-state index contributed by atoms with van der Waals surface area (Å²) in [7, 11) is 1.35. The first-order valence-corrected chi connectivity index (χ1v) is 6.33. The van der Waals surface area contributed by atoms with Crippen molar-refractivity contribution >= 4 is 17.7 Å². The second-order valence-corrected chi connectivity index (χ2v) is 4.62. The number of H-pyrrole nitrogens is 1. The van der Waals surface area contributed by atoms with E-state index in [1.165, 1.54) is 24.9 Å². The molecule has 5 nitrogen and oxygen atoms in total. The largest absolute Gasteiger partial charge is 0.468 e. The highest BCUT2D eigenvalue weighted by Crippen LogP contribution is 2.22. The number of aromatic nitrogens is 2. The molecule has 0 radical (unpaired) electrons. The van der Waals surface area contributed by atoms with E-state index in [-0.39, 0.29) is 16.8 Å². The number of thioether (sulfide) groups is 1. The number of rotatable bonds is 5. The van der Waals surface area contributed by atoms with E-state index in [9.17, 15) is 9.59 Å². The zero-order valence-electron chi connectivity index (χ0n) is 10.1. The molecule has 1 aromatic rings. The first kappa shape index (κ1) is 13.8. The van der Waals surface area contributed by atoms with Crippen molar-refractivity contribution in [2.24, 2.45) is 0 Å². The second-order valence-electron chi connectivity index (χ2n) is 3.43. The van der Waals surface area contributed by atoms with Gasteiger partial charge in [0, 0.05) is 11.8 Å². The summed E-state index contributed by atoms with van der Waals surface area (Å²) in [6, 6.07) is 1.46. The maximum absolute atomic E-state index is 11.4. The van der Waals surface area contributed by atoms with Gasteiger partial charge >= 0.3 is 5.97 Å². The molecular weight excluding hydrogens is 240 g/mol. The lowest BCUT2D eigenvalue weighted by Gasteiger charge is -2.11. The molecule has 0 saturated heterocycles. The number of nitrogens with one attached hydrogen (secondary N) is 1. The standard InChI is InChI=1S/C11H16N2O3S/c1-4-7-6-9(14)13-11(12-7)17-8(5-2)10(15)16-3/h6,8H,4-5H2,1-3H3,(H,12,13,14)/t8-/m1/s1. The van der Waals surface area contributed by atoms with Crippen molar-refractivity contribution in [3.05, 3.63) is 22.1 Å². The minimum absolute atomic E-state index is 0.195. The topological polar surface area (TPSA) is 72.0 Å². The molecule has 17 heavy (non-hydrogen) atoms. The van der Waals surface area contributed by atoms with Crippen LogP contribution in [0.2, 0.25) is 0 Å². The van der Waals surface area contributed by atoms with Gasteiger partial charge in [-0.15, -0.1) is 0 Å². The van der Waals surface area contributed by atoms with E-state index in [1.54, 1.807) is 0 Å². The summed E-state index contributed by atoms with van der Waals surface area (Å²) in [4.78, 5) is 29.6. The maximum atomic E-state index is 11.4. The molecule has 94 valence electrons. The summed E-state index contributed by atoms with van der Waals surface area (Å²) in [5.74, 6) is -0.304. The molecule has 1 atom stereocenters. The van der Waals surface area contributed by atoms with E-state index in [4.69, 9.17) is 0 Å². The molecule has 1 rings (SSSR count). The van der Waals surface area contributed by atoms with Crippen LogP contribution in [-0.4, -0.2) is 28.3 Å². The number of methoxy groups -OCH3 is 1. The van der Waals surface area contributed by atoms with Crippen LogP contribution in [-0.2, 0) is 16.0 Å². The molecule has 1 aromatic heterocycles. The minimum atomic E-state index is -0.338. The van der Waals surface area contributed by atoms with Gasteiger partial charge in [-0.2, -0.15) is 0 Å². The summed E-state index contributed by atoms with van der Waals surface area (Å²) in [5, 5.41) is 0.127. The van der Waals surface area contributed by atoms with E-state index < -0.39 is 0 Å². The number of hydrogen-bond donors (Lipinski definition) is 1. The molecule has 0 fully saturated rings. The molecule has 0 aliphatic carbocycles. The molecule has 0 aliphatic rings. The SMILES string of the molecule is CCc1cc(=O)[nH]c(S[C@H](CC)C(=O)OC)n1. The highest BCUT2D eigenvalue weighted by atomic mass is 32.2. The van der Waals surface area contributed by atoms with Gasteiger partial charge in [0.05, 0.1) is 7.11 Å². The fourth-order valence-electron chi connectivity index (χ4n) is 1.28. The molecular formula is C11H16N2O3S. The summed E-state index contributed by atoms with van der Waals surface area (Å²) in [6.07, 6.45) is 1.31. The number of esters is 1. The van der Waals surface area contributed by atoms with E-state index in [0.717, 1.165) is 5.69 Å². The van der Waals surface area contributed by atoms with Gasteiger partial charge in [-0.25, -0.2) is 4.98 Å². The third-order valence-corrected chi connectivity index (χ3v) is 3.45. The van der Waals surface area contributed by atoms with Crippen molar-refractivity contribution in [3.8, 4) is 0 Å². The number of carbonyl (C=O) groups excluding carboxylic acids is 1. The summed E-state index contributed by atoms with van der Waals surface area (Å²) >= 11 is 1.22. The van der Waals surface area contributed by atoms with E-state index >= 15 is 0 Å². The minimum Gasteiger partial charge on any atom is -0.468 e. The first-order valence-electron chi connectivity index (χ1n) is 5.45. The lowest BCUT2D eigenvalue weighted by molar-refractivity contribution is -0.140. The number of nitrogens with zero attached hydrogens (tertiary/aromatic N) is 1. The van der Waals surface area contributed by atoms with Crippen LogP contribution in [0.25, 0.3) is 0 Å².